The van der Waals surface area contributed by atoms with Gasteiger partial charge in [-0.3, -0.25) is 4.99 Å². The van der Waals surface area contributed by atoms with Crippen LogP contribution in [0.5, 0.6) is 0 Å². The maximum Gasteiger partial charge on any atom is 0.102 e. The van der Waals surface area contributed by atoms with Gasteiger partial charge in [-0.2, -0.15) is 0 Å². The highest BCUT2D eigenvalue weighted by Crippen LogP contribution is 2.28. The number of hydrogen-bond acceptors (Lipinski definition) is 2. The van der Waals surface area contributed by atoms with Crippen molar-refractivity contribution >= 4 is 5.84 Å². The predicted octanol–water partition coefficient (Wildman–Crippen LogP) is 3.48. The molecule has 1 saturated carbocycles. The highest BCUT2D eigenvalue weighted by Gasteiger charge is 2.26. The van der Waals surface area contributed by atoms with Crippen molar-refractivity contribution in [2.75, 3.05) is 13.1 Å². The van der Waals surface area contributed by atoms with Gasteiger partial charge in [0.1, 0.15) is 5.84 Å². The van der Waals surface area contributed by atoms with Crippen molar-refractivity contribution in [1.82, 2.24) is 4.90 Å². The molecule has 0 aromatic heterocycles. The molecule has 0 unspecified atom stereocenters. The maximum atomic E-state index is 4.78. The molecule has 1 fully saturated rings. The molecule has 1 aromatic carbocycles. The standard InChI is InChI=1S/C16H22N2/c1-3-7-14(8-4-1)13-18-12-11-17-16(18)15-9-5-2-6-10-15/h1,3-4,7-8,15H,2,5-6,9-13H2. The summed E-state index contributed by atoms with van der Waals surface area (Å²) in [5.74, 6) is 2.14. The summed E-state index contributed by atoms with van der Waals surface area (Å²) in [7, 11) is 0. The lowest BCUT2D eigenvalue weighted by Crippen LogP contribution is -2.33. The van der Waals surface area contributed by atoms with E-state index >= 15 is 0 Å². The van der Waals surface area contributed by atoms with Crippen LogP contribution in [-0.4, -0.2) is 23.8 Å². The molecule has 0 N–H and O–H groups in total. The average Bonchev–Trinajstić information content (AvgIpc) is 2.89. The van der Waals surface area contributed by atoms with Crippen LogP contribution in [0, 0.1) is 5.92 Å². The lowest BCUT2D eigenvalue weighted by Gasteiger charge is -2.29. The summed E-state index contributed by atoms with van der Waals surface area (Å²) >= 11 is 0. The van der Waals surface area contributed by atoms with E-state index in [2.05, 4.69) is 35.2 Å². The number of benzene rings is 1. The summed E-state index contributed by atoms with van der Waals surface area (Å²) in [5.41, 5.74) is 1.41. The molecule has 0 atom stereocenters. The second-order valence-electron chi connectivity index (χ2n) is 5.48. The van der Waals surface area contributed by atoms with Crippen molar-refractivity contribution < 1.29 is 0 Å². The molecule has 96 valence electrons. The molecule has 18 heavy (non-hydrogen) atoms. The average molecular weight is 242 g/mol. The third kappa shape index (κ3) is 2.58. The molecule has 0 bridgehead atoms. The first-order valence-corrected chi connectivity index (χ1v) is 7.27. The fourth-order valence-corrected chi connectivity index (χ4v) is 3.21. The number of aliphatic imine (C=N–C) groups is 1. The Bertz CT molecular complexity index is 404. The topological polar surface area (TPSA) is 15.6 Å². The number of amidine groups is 1. The van der Waals surface area contributed by atoms with Gasteiger partial charge in [0, 0.05) is 19.0 Å². The summed E-state index contributed by atoms with van der Waals surface area (Å²) in [5, 5.41) is 0. The molecular formula is C16H22N2. The highest BCUT2D eigenvalue weighted by atomic mass is 15.2. The monoisotopic (exact) mass is 242 g/mol. The van der Waals surface area contributed by atoms with Crippen molar-refractivity contribution in [2.45, 2.75) is 38.6 Å². The van der Waals surface area contributed by atoms with Crippen LogP contribution < -0.4 is 0 Å². The van der Waals surface area contributed by atoms with Gasteiger partial charge in [-0.25, -0.2) is 0 Å². The van der Waals surface area contributed by atoms with Crippen LogP contribution >= 0.6 is 0 Å². The Morgan fingerprint density at radius 3 is 2.61 bits per heavy atom. The lowest BCUT2D eigenvalue weighted by molar-refractivity contribution is 0.375. The predicted molar refractivity (Wildman–Crippen MR) is 75.7 cm³/mol. The highest BCUT2D eigenvalue weighted by molar-refractivity contribution is 5.86. The van der Waals surface area contributed by atoms with Gasteiger partial charge in [-0.15, -0.1) is 0 Å². The Kier molecular flexibility index (Phi) is 3.63. The molecule has 1 heterocycles. The lowest BCUT2D eigenvalue weighted by atomic mass is 9.88. The van der Waals surface area contributed by atoms with Gasteiger partial charge in [0.25, 0.3) is 0 Å². The summed E-state index contributed by atoms with van der Waals surface area (Å²) in [6.45, 7) is 3.15. The van der Waals surface area contributed by atoms with Gasteiger partial charge in [-0.05, 0) is 18.4 Å². The van der Waals surface area contributed by atoms with Crippen LogP contribution in [0.15, 0.2) is 35.3 Å². The zero-order valence-corrected chi connectivity index (χ0v) is 11.0. The molecule has 1 aliphatic carbocycles. The van der Waals surface area contributed by atoms with Crippen LogP contribution in [0.3, 0.4) is 0 Å². The van der Waals surface area contributed by atoms with E-state index in [1.165, 1.54) is 43.5 Å². The molecule has 2 nitrogen and oxygen atoms in total. The summed E-state index contributed by atoms with van der Waals surface area (Å²) in [6, 6.07) is 10.8. The number of hydrogen-bond donors (Lipinski definition) is 0. The van der Waals surface area contributed by atoms with Gasteiger partial charge >= 0.3 is 0 Å². The summed E-state index contributed by atoms with van der Waals surface area (Å²) in [4.78, 5) is 7.28. The van der Waals surface area contributed by atoms with Crippen molar-refractivity contribution in [3.63, 3.8) is 0 Å². The molecule has 1 aliphatic heterocycles. The summed E-state index contributed by atoms with van der Waals surface area (Å²) < 4.78 is 0. The first-order valence-electron chi connectivity index (χ1n) is 7.27. The zero-order chi connectivity index (χ0) is 12.2. The Balaban J connectivity index is 1.67. The molecule has 0 saturated heterocycles. The molecule has 2 aliphatic rings. The molecule has 0 radical (unpaired) electrons. The van der Waals surface area contributed by atoms with Gasteiger partial charge < -0.3 is 4.90 Å². The van der Waals surface area contributed by atoms with E-state index < -0.39 is 0 Å². The molecule has 0 amide bonds. The molecule has 2 heteroatoms. The third-order valence-electron chi connectivity index (χ3n) is 4.15. The minimum Gasteiger partial charge on any atom is -0.354 e. The Morgan fingerprint density at radius 1 is 1.06 bits per heavy atom. The largest absolute Gasteiger partial charge is 0.354 e. The number of nitrogens with zero attached hydrogens (tertiary/aromatic N) is 2. The van der Waals surface area contributed by atoms with E-state index in [-0.39, 0.29) is 0 Å². The zero-order valence-electron chi connectivity index (χ0n) is 11.0. The van der Waals surface area contributed by atoms with E-state index in [0.717, 1.165) is 25.6 Å². The Hall–Kier alpha value is -1.31. The van der Waals surface area contributed by atoms with Crippen molar-refractivity contribution in [1.29, 1.82) is 0 Å². The first-order chi connectivity index (χ1) is 8.93. The second kappa shape index (κ2) is 5.55. The van der Waals surface area contributed by atoms with Crippen LogP contribution in [-0.2, 0) is 6.54 Å². The van der Waals surface area contributed by atoms with Gasteiger partial charge in [0.05, 0.1) is 6.54 Å². The van der Waals surface area contributed by atoms with Crippen LogP contribution in [0.25, 0.3) is 0 Å². The van der Waals surface area contributed by atoms with E-state index in [1.54, 1.807) is 0 Å². The van der Waals surface area contributed by atoms with Crippen LogP contribution in [0.2, 0.25) is 0 Å². The van der Waals surface area contributed by atoms with Crippen LogP contribution in [0.1, 0.15) is 37.7 Å². The van der Waals surface area contributed by atoms with E-state index in [1.807, 2.05) is 0 Å². The number of rotatable bonds is 3. The van der Waals surface area contributed by atoms with E-state index in [0.29, 0.717) is 0 Å². The second-order valence-corrected chi connectivity index (χ2v) is 5.48. The maximum absolute atomic E-state index is 4.78. The van der Waals surface area contributed by atoms with Gasteiger partial charge in [-0.1, -0.05) is 49.6 Å². The Morgan fingerprint density at radius 2 is 1.83 bits per heavy atom. The normalized spacial score (nSPS) is 21.1. The van der Waals surface area contributed by atoms with Gasteiger partial charge in [0.2, 0.25) is 0 Å². The van der Waals surface area contributed by atoms with E-state index in [9.17, 15) is 0 Å². The van der Waals surface area contributed by atoms with E-state index in [4.69, 9.17) is 4.99 Å². The first kappa shape index (κ1) is 11.8. The smallest absolute Gasteiger partial charge is 0.102 e. The SMILES string of the molecule is c1ccc(CN2CCN=C2C2CCCCC2)cc1. The fourth-order valence-electron chi connectivity index (χ4n) is 3.21. The minimum absolute atomic E-state index is 0.741. The summed E-state index contributed by atoms with van der Waals surface area (Å²) in [6.07, 6.45) is 6.91. The van der Waals surface area contributed by atoms with Crippen molar-refractivity contribution in [2.24, 2.45) is 10.9 Å². The minimum atomic E-state index is 0.741. The van der Waals surface area contributed by atoms with Crippen LogP contribution in [0.4, 0.5) is 0 Å². The third-order valence-corrected chi connectivity index (χ3v) is 4.15. The molecular weight excluding hydrogens is 220 g/mol. The van der Waals surface area contributed by atoms with Gasteiger partial charge in [0.15, 0.2) is 0 Å². The molecule has 0 spiro atoms. The van der Waals surface area contributed by atoms with Crippen molar-refractivity contribution in [3.8, 4) is 0 Å². The molecule has 3 rings (SSSR count). The quantitative estimate of drug-likeness (QED) is 0.792. The van der Waals surface area contributed by atoms with Crippen molar-refractivity contribution in [3.05, 3.63) is 35.9 Å². The Labute approximate surface area is 110 Å². The molecule has 1 aromatic rings. The fraction of sp³-hybridized carbons (Fsp3) is 0.562.